The molecule has 1 aliphatic carbocycles. The van der Waals surface area contributed by atoms with Gasteiger partial charge in [0, 0.05) is 68.5 Å². The SMILES string of the molecule is COC1(Cc2ccccc2C)CCC(N2CCN(/C(=N\S(=O)(=O)c3ccc(N[C@H](CCN(C)C)CSc4ccccc4)c([N+](=O)[O-])c3)NC#N)CC2)CC1. The normalized spacial score (nSPS) is 20.3. The highest BCUT2D eigenvalue weighted by Gasteiger charge is 2.38. The van der Waals surface area contributed by atoms with Crippen LogP contribution in [0, 0.1) is 28.5 Å². The third-order valence-corrected chi connectivity index (χ3v) is 13.0. The number of nitrogens with zero attached hydrogens (tertiary/aromatic N) is 6. The number of nitriles is 1. The highest BCUT2D eigenvalue weighted by Crippen LogP contribution is 2.37. The molecule has 1 saturated carbocycles. The number of hydrogen-bond acceptors (Lipinski definition) is 10. The average molecular weight is 777 g/mol. The summed E-state index contributed by atoms with van der Waals surface area (Å²) in [6.45, 7) is 5.19. The fourth-order valence-corrected chi connectivity index (χ4v) is 9.26. The molecule has 13 nitrogen and oxygen atoms in total. The van der Waals surface area contributed by atoms with Gasteiger partial charge in [0.05, 0.1) is 15.4 Å². The van der Waals surface area contributed by atoms with E-state index in [2.05, 4.69) is 51.1 Å². The molecule has 54 heavy (non-hydrogen) atoms. The third kappa shape index (κ3) is 10.9. The summed E-state index contributed by atoms with van der Waals surface area (Å²) in [7, 11) is 1.33. The fraction of sp³-hybridized carbons (Fsp3) is 0.487. The van der Waals surface area contributed by atoms with E-state index in [1.165, 1.54) is 23.3 Å². The molecule has 1 heterocycles. The highest BCUT2D eigenvalue weighted by molar-refractivity contribution is 7.99. The van der Waals surface area contributed by atoms with E-state index in [4.69, 9.17) is 4.74 Å². The molecule has 290 valence electrons. The Hall–Kier alpha value is -4.20. The molecular weight excluding hydrogens is 725 g/mol. The minimum Gasteiger partial charge on any atom is -0.378 e. The quantitative estimate of drug-likeness (QED) is 0.0368. The number of nitrogens with one attached hydrogen (secondary N) is 2. The molecule has 0 amide bonds. The molecular formula is C39H52N8O5S2. The molecule has 3 aromatic carbocycles. The zero-order chi connectivity index (χ0) is 38.7. The summed E-state index contributed by atoms with van der Waals surface area (Å²) in [4.78, 5) is 18.7. The lowest BCUT2D eigenvalue weighted by atomic mass is 9.77. The molecule has 3 aromatic rings. The van der Waals surface area contributed by atoms with E-state index in [1.54, 1.807) is 16.7 Å². The van der Waals surface area contributed by atoms with Gasteiger partial charge in [-0.25, -0.2) is 0 Å². The number of sulfonamides is 1. The van der Waals surface area contributed by atoms with Crippen molar-refractivity contribution in [2.24, 2.45) is 4.40 Å². The molecule has 0 aromatic heterocycles. The number of ether oxygens (including phenoxy) is 1. The van der Waals surface area contributed by atoms with Crippen LogP contribution < -0.4 is 10.6 Å². The van der Waals surface area contributed by atoms with Gasteiger partial charge in [-0.3, -0.25) is 20.3 Å². The lowest BCUT2D eigenvalue weighted by Gasteiger charge is -2.45. The van der Waals surface area contributed by atoms with E-state index in [0.29, 0.717) is 44.4 Å². The van der Waals surface area contributed by atoms with Gasteiger partial charge >= 0.3 is 0 Å². The molecule has 0 bridgehead atoms. The van der Waals surface area contributed by atoms with Gasteiger partial charge in [0.1, 0.15) is 5.69 Å². The molecule has 0 spiro atoms. The van der Waals surface area contributed by atoms with Crippen LogP contribution >= 0.6 is 11.8 Å². The Morgan fingerprint density at radius 2 is 1.78 bits per heavy atom. The number of aryl methyl sites for hydroxylation is 1. The number of rotatable bonds is 15. The van der Waals surface area contributed by atoms with Gasteiger partial charge < -0.3 is 19.9 Å². The molecule has 5 rings (SSSR count). The minimum atomic E-state index is -4.42. The van der Waals surface area contributed by atoms with Crippen LogP contribution in [0.1, 0.15) is 43.2 Å². The van der Waals surface area contributed by atoms with E-state index in [9.17, 15) is 23.8 Å². The first-order chi connectivity index (χ1) is 25.9. The van der Waals surface area contributed by atoms with Crippen LogP contribution in [0.25, 0.3) is 0 Å². The molecule has 2 fully saturated rings. The molecule has 1 aliphatic heterocycles. The minimum absolute atomic E-state index is 0.0936. The summed E-state index contributed by atoms with van der Waals surface area (Å²) in [6, 6.07) is 22.4. The number of nitro benzene ring substituents is 1. The van der Waals surface area contributed by atoms with Gasteiger partial charge in [0.15, 0.2) is 6.19 Å². The summed E-state index contributed by atoms with van der Waals surface area (Å²) in [6.07, 6.45) is 7.32. The molecule has 0 unspecified atom stereocenters. The Bertz CT molecular complexity index is 1890. The van der Waals surface area contributed by atoms with E-state index in [1.807, 2.05) is 62.6 Å². The molecule has 2 aliphatic rings. The number of benzene rings is 3. The van der Waals surface area contributed by atoms with Crippen LogP contribution in [-0.4, -0.2) is 111 Å². The monoisotopic (exact) mass is 776 g/mol. The van der Waals surface area contributed by atoms with Gasteiger partial charge in [0.25, 0.3) is 15.7 Å². The largest absolute Gasteiger partial charge is 0.378 e. The van der Waals surface area contributed by atoms with Crippen molar-refractivity contribution in [3.05, 3.63) is 94.0 Å². The second-order valence-electron chi connectivity index (χ2n) is 14.4. The van der Waals surface area contributed by atoms with Gasteiger partial charge in [-0.1, -0.05) is 42.5 Å². The zero-order valence-electron chi connectivity index (χ0n) is 31.6. The number of hydrogen-bond donors (Lipinski definition) is 2. The van der Waals surface area contributed by atoms with E-state index in [0.717, 1.165) is 49.6 Å². The Kier molecular flexibility index (Phi) is 14.3. The van der Waals surface area contributed by atoms with Crippen LogP contribution in [0.15, 0.2) is 87.0 Å². The zero-order valence-corrected chi connectivity index (χ0v) is 33.2. The molecule has 1 atom stereocenters. The summed E-state index contributed by atoms with van der Waals surface area (Å²) in [5.74, 6) is 0.558. The maximum absolute atomic E-state index is 13.6. The van der Waals surface area contributed by atoms with Gasteiger partial charge in [-0.2, -0.15) is 13.7 Å². The Morgan fingerprint density at radius 3 is 2.41 bits per heavy atom. The summed E-state index contributed by atoms with van der Waals surface area (Å²) in [5.41, 5.74) is 2.27. The molecule has 0 radical (unpaired) electrons. The van der Waals surface area contributed by atoms with Crippen LogP contribution in [-0.2, 0) is 21.2 Å². The first-order valence-corrected chi connectivity index (χ1v) is 20.8. The topological polar surface area (TPSA) is 156 Å². The molecule has 2 N–H and O–H groups in total. The summed E-state index contributed by atoms with van der Waals surface area (Å²) < 4.78 is 37.4. The van der Waals surface area contributed by atoms with Crippen molar-refractivity contribution in [1.29, 1.82) is 5.26 Å². The number of piperazine rings is 1. The van der Waals surface area contributed by atoms with Gasteiger partial charge in [-0.05, 0) is 95.1 Å². The summed E-state index contributed by atoms with van der Waals surface area (Å²) in [5, 5.41) is 27.5. The van der Waals surface area contributed by atoms with Crippen molar-refractivity contribution in [2.45, 2.75) is 72.9 Å². The summed E-state index contributed by atoms with van der Waals surface area (Å²) >= 11 is 1.64. The maximum Gasteiger partial charge on any atom is 0.293 e. The standard InChI is InChI=1S/C39H52N8O5S2/c1-30-10-8-9-11-31(30)27-39(52-4)19-16-33(17-20-39)45-22-24-46(25-23-45)38(41-29-40)43-54(50,51)35-14-15-36(37(26-35)47(48)49)42-32(18-21-44(2)3)28-53-34-12-6-5-7-13-34/h5-15,26,32-33,42H,16-25,27-28H2,1-4H3,(H,41,43)/t32-,33?,39?/m1/s1. The van der Waals surface area contributed by atoms with E-state index in [-0.39, 0.29) is 33.9 Å². The Balaban J connectivity index is 1.24. The van der Waals surface area contributed by atoms with Crippen molar-refractivity contribution >= 4 is 39.1 Å². The maximum atomic E-state index is 13.6. The molecule has 1 saturated heterocycles. The van der Waals surface area contributed by atoms with Crippen LogP contribution in [0.4, 0.5) is 11.4 Å². The van der Waals surface area contributed by atoms with Gasteiger partial charge in [-0.15, -0.1) is 16.2 Å². The average Bonchev–Trinajstić information content (AvgIpc) is 3.17. The van der Waals surface area contributed by atoms with Crippen LogP contribution in [0.2, 0.25) is 0 Å². The lowest BCUT2D eigenvalue weighted by molar-refractivity contribution is -0.384. The predicted molar refractivity (Wildman–Crippen MR) is 214 cm³/mol. The van der Waals surface area contributed by atoms with Crippen molar-refractivity contribution in [3.8, 4) is 6.19 Å². The number of methoxy groups -OCH3 is 1. The van der Waals surface area contributed by atoms with E-state index >= 15 is 0 Å². The third-order valence-electron chi connectivity index (χ3n) is 10.5. The second-order valence-corrected chi connectivity index (χ2v) is 17.1. The Labute approximate surface area is 324 Å². The number of guanidine groups is 1. The second kappa shape index (κ2) is 18.9. The first-order valence-electron chi connectivity index (χ1n) is 18.4. The number of nitro groups is 1. The Morgan fingerprint density at radius 1 is 1.09 bits per heavy atom. The first kappa shape index (κ1) is 41.0. The lowest BCUT2D eigenvalue weighted by Crippen LogP contribution is -2.55. The number of anilines is 1. The number of thioether (sulfide) groups is 1. The fourth-order valence-electron chi connectivity index (χ4n) is 7.27. The predicted octanol–water partition coefficient (Wildman–Crippen LogP) is 5.73. The highest BCUT2D eigenvalue weighted by atomic mass is 32.2. The van der Waals surface area contributed by atoms with E-state index < -0.39 is 14.9 Å². The smallest absolute Gasteiger partial charge is 0.293 e. The van der Waals surface area contributed by atoms with Gasteiger partial charge in [0.2, 0.25) is 5.96 Å². The van der Waals surface area contributed by atoms with Crippen molar-refractivity contribution < 1.29 is 18.1 Å². The van der Waals surface area contributed by atoms with Crippen LogP contribution in [0.5, 0.6) is 0 Å². The van der Waals surface area contributed by atoms with Crippen molar-refractivity contribution in [2.75, 3.05) is 65.0 Å². The van der Waals surface area contributed by atoms with Crippen molar-refractivity contribution in [1.82, 2.24) is 20.0 Å². The van der Waals surface area contributed by atoms with Crippen LogP contribution in [0.3, 0.4) is 0 Å². The molecule has 15 heteroatoms. The van der Waals surface area contributed by atoms with Crippen molar-refractivity contribution in [3.63, 3.8) is 0 Å².